The van der Waals surface area contributed by atoms with Gasteiger partial charge in [-0.25, -0.2) is 0 Å². The zero-order valence-corrected chi connectivity index (χ0v) is 13.0. The highest BCUT2D eigenvalue weighted by molar-refractivity contribution is 6.10. The number of amides is 1. The maximum atomic E-state index is 13.2. The second-order valence-electron chi connectivity index (χ2n) is 5.41. The van der Waals surface area contributed by atoms with Crippen LogP contribution >= 0.6 is 0 Å². The molecule has 3 rings (SSSR count). The number of hydrogen-bond acceptors (Lipinski definition) is 3. The summed E-state index contributed by atoms with van der Waals surface area (Å²) in [6.45, 7) is 0.734. The van der Waals surface area contributed by atoms with Gasteiger partial charge in [0.1, 0.15) is 0 Å². The minimum absolute atomic E-state index is 0.0970. The van der Waals surface area contributed by atoms with Crippen LogP contribution in [0.5, 0.6) is 0 Å². The topological polar surface area (TPSA) is 65.4 Å². The van der Waals surface area contributed by atoms with Gasteiger partial charge in [0.05, 0.1) is 13.2 Å². The molecule has 23 heavy (non-hydrogen) atoms. The van der Waals surface area contributed by atoms with Gasteiger partial charge < -0.3 is 10.1 Å². The normalized spacial score (nSPS) is 16.5. The lowest BCUT2D eigenvalue weighted by Gasteiger charge is -2.28. The molecule has 2 N–H and O–H groups in total. The van der Waals surface area contributed by atoms with Crippen LogP contribution < -0.4 is 5.32 Å². The number of nitrogens with one attached hydrogen (secondary N) is 2. The molecule has 1 amide bonds. The molecule has 1 aliphatic heterocycles. The van der Waals surface area contributed by atoms with Gasteiger partial charge in [-0.1, -0.05) is 60.7 Å². The first-order chi connectivity index (χ1) is 11.2. The van der Waals surface area contributed by atoms with Crippen LogP contribution in [-0.4, -0.2) is 37.0 Å². The average molecular weight is 309 g/mol. The zero-order valence-electron chi connectivity index (χ0n) is 13.0. The lowest BCUT2D eigenvalue weighted by molar-refractivity contribution is -0.130. The minimum Gasteiger partial charge on any atom is -0.383 e. The Bertz CT molecular complexity index is 661. The van der Waals surface area contributed by atoms with E-state index in [1.165, 1.54) is 4.90 Å². The van der Waals surface area contributed by atoms with Crippen molar-refractivity contribution in [3.05, 3.63) is 71.8 Å². The molecule has 5 nitrogen and oxygen atoms in total. The van der Waals surface area contributed by atoms with Crippen molar-refractivity contribution in [1.29, 1.82) is 5.41 Å². The smallest absolute Gasteiger partial charge is 0.264 e. The molecule has 2 aromatic carbocycles. The third-order valence-corrected chi connectivity index (χ3v) is 4.07. The summed E-state index contributed by atoms with van der Waals surface area (Å²) in [7, 11) is 1.58. The van der Waals surface area contributed by atoms with E-state index in [9.17, 15) is 4.79 Å². The molecule has 118 valence electrons. The molecule has 0 spiro atoms. The summed E-state index contributed by atoms with van der Waals surface area (Å²) in [4.78, 5) is 14.6. The Hall–Kier alpha value is -2.66. The fraction of sp³-hybridized carbons (Fsp3) is 0.222. The van der Waals surface area contributed by atoms with E-state index in [-0.39, 0.29) is 11.9 Å². The maximum Gasteiger partial charge on any atom is 0.264 e. The molecule has 0 saturated carbocycles. The number of hydrogen-bond donors (Lipinski definition) is 2. The number of guanidine groups is 1. The van der Waals surface area contributed by atoms with E-state index in [4.69, 9.17) is 10.1 Å². The second kappa shape index (κ2) is 6.22. The Balaban J connectivity index is 2.12. The third-order valence-electron chi connectivity index (χ3n) is 4.07. The van der Waals surface area contributed by atoms with E-state index in [2.05, 4.69) is 5.32 Å². The van der Waals surface area contributed by atoms with E-state index in [1.54, 1.807) is 7.11 Å². The molecule has 0 atom stereocenters. The Kier molecular flexibility index (Phi) is 4.12. The molecule has 0 aromatic heterocycles. The molecule has 1 aliphatic rings. The van der Waals surface area contributed by atoms with Gasteiger partial charge in [0, 0.05) is 7.11 Å². The number of ether oxygens (including phenoxy) is 1. The van der Waals surface area contributed by atoms with Gasteiger partial charge in [-0.2, -0.15) is 0 Å². The summed E-state index contributed by atoms with van der Waals surface area (Å²) >= 11 is 0. The van der Waals surface area contributed by atoms with Crippen molar-refractivity contribution in [2.45, 2.75) is 5.54 Å². The average Bonchev–Trinajstić information content (AvgIpc) is 2.86. The molecule has 2 aromatic rings. The van der Waals surface area contributed by atoms with Crippen molar-refractivity contribution in [2.24, 2.45) is 0 Å². The summed E-state index contributed by atoms with van der Waals surface area (Å²) in [5.74, 6) is -0.0586. The highest BCUT2D eigenvalue weighted by Crippen LogP contribution is 2.35. The highest BCUT2D eigenvalue weighted by Gasteiger charge is 2.51. The Morgan fingerprint density at radius 1 is 1.04 bits per heavy atom. The second-order valence-corrected chi connectivity index (χ2v) is 5.41. The van der Waals surface area contributed by atoms with Gasteiger partial charge in [0.15, 0.2) is 11.5 Å². The predicted octanol–water partition coefficient (Wildman–Crippen LogP) is 1.94. The van der Waals surface area contributed by atoms with Gasteiger partial charge in [0.2, 0.25) is 0 Å². The SMILES string of the molecule is COCCN1C(=N)NC(c2ccccc2)(c2ccccc2)C1=O. The number of methoxy groups -OCH3 is 1. The molecule has 0 bridgehead atoms. The molecular formula is C18H19N3O2. The van der Waals surface area contributed by atoms with Gasteiger partial charge >= 0.3 is 0 Å². The third kappa shape index (κ3) is 2.49. The number of benzene rings is 2. The van der Waals surface area contributed by atoms with Crippen LogP contribution in [0.4, 0.5) is 0 Å². The predicted molar refractivity (Wildman–Crippen MR) is 88.1 cm³/mol. The zero-order chi connectivity index (χ0) is 16.3. The highest BCUT2D eigenvalue weighted by atomic mass is 16.5. The van der Waals surface area contributed by atoms with E-state index in [0.717, 1.165) is 11.1 Å². The first-order valence-corrected chi connectivity index (χ1v) is 7.49. The quantitative estimate of drug-likeness (QED) is 0.887. The minimum atomic E-state index is -1.06. The molecule has 5 heteroatoms. The molecule has 0 radical (unpaired) electrons. The van der Waals surface area contributed by atoms with Crippen molar-refractivity contribution < 1.29 is 9.53 Å². The first kappa shape index (κ1) is 15.2. The van der Waals surface area contributed by atoms with Crippen LogP contribution in [0.15, 0.2) is 60.7 Å². The molecular weight excluding hydrogens is 290 g/mol. The van der Waals surface area contributed by atoms with Crippen LogP contribution in [0.1, 0.15) is 11.1 Å². The maximum absolute atomic E-state index is 13.2. The summed E-state index contributed by atoms with van der Waals surface area (Å²) in [6.07, 6.45) is 0. The summed E-state index contributed by atoms with van der Waals surface area (Å²) in [6, 6.07) is 19.1. The summed E-state index contributed by atoms with van der Waals surface area (Å²) in [5.41, 5.74) is 0.578. The van der Waals surface area contributed by atoms with Crippen molar-refractivity contribution in [3.63, 3.8) is 0 Å². The van der Waals surface area contributed by atoms with E-state index >= 15 is 0 Å². The van der Waals surface area contributed by atoms with Crippen molar-refractivity contribution in [2.75, 3.05) is 20.3 Å². The van der Waals surface area contributed by atoms with Crippen LogP contribution in [0.2, 0.25) is 0 Å². The van der Waals surface area contributed by atoms with Crippen molar-refractivity contribution >= 4 is 11.9 Å². The molecule has 1 heterocycles. The molecule has 1 saturated heterocycles. The van der Waals surface area contributed by atoms with Gasteiger partial charge in [-0.3, -0.25) is 15.1 Å². The largest absolute Gasteiger partial charge is 0.383 e. The van der Waals surface area contributed by atoms with Crippen molar-refractivity contribution in [3.8, 4) is 0 Å². The Morgan fingerprint density at radius 2 is 1.57 bits per heavy atom. The van der Waals surface area contributed by atoms with Gasteiger partial charge in [-0.05, 0) is 11.1 Å². The lowest BCUT2D eigenvalue weighted by atomic mass is 9.82. The molecule has 0 aliphatic carbocycles. The summed E-state index contributed by atoms with van der Waals surface area (Å²) < 4.78 is 5.06. The number of rotatable bonds is 5. The van der Waals surface area contributed by atoms with E-state index in [0.29, 0.717) is 13.2 Å². The fourth-order valence-corrected chi connectivity index (χ4v) is 2.93. The Morgan fingerprint density at radius 3 is 2.04 bits per heavy atom. The summed E-state index contributed by atoms with van der Waals surface area (Å²) in [5, 5.41) is 11.3. The van der Waals surface area contributed by atoms with Crippen LogP contribution in [0, 0.1) is 5.41 Å². The fourth-order valence-electron chi connectivity index (χ4n) is 2.93. The van der Waals surface area contributed by atoms with E-state index in [1.807, 2.05) is 60.7 Å². The van der Waals surface area contributed by atoms with E-state index < -0.39 is 5.54 Å². The van der Waals surface area contributed by atoms with Crippen LogP contribution in [0.3, 0.4) is 0 Å². The van der Waals surface area contributed by atoms with Crippen molar-refractivity contribution in [1.82, 2.24) is 10.2 Å². The monoisotopic (exact) mass is 309 g/mol. The number of nitrogens with zero attached hydrogens (tertiary/aromatic N) is 1. The Labute approximate surface area is 135 Å². The molecule has 0 unspecified atom stereocenters. The first-order valence-electron chi connectivity index (χ1n) is 7.49. The van der Waals surface area contributed by atoms with Gasteiger partial charge in [0.25, 0.3) is 5.91 Å². The molecule has 1 fully saturated rings. The lowest BCUT2D eigenvalue weighted by Crippen LogP contribution is -2.45. The van der Waals surface area contributed by atoms with Gasteiger partial charge in [-0.15, -0.1) is 0 Å². The standard InChI is InChI=1S/C18H19N3O2/c1-23-13-12-21-16(22)18(20-17(21)19,14-8-4-2-5-9-14)15-10-6-3-7-11-15/h2-11H,12-13H2,1H3,(H2,19,20). The number of carbonyl (C=O) groups excluding carboxylic acids is 1. The van der Waals surface area contributed by atoms with Crippen LogP contribution in [0.25, 0.3) is 0 Å². The number of carbonyl (C=O) groups is 1. The van der Waals surface area contributed by atoms with Crippen LogP contribution in [-0.2, 0) is 15.1 Å².